The van der Waals surface area contributed by atoms with Crippen molar-refractivity contribution in [1.82, 2.24) is 15.0 Å². The molecular formula is C10H10ClN3O. The van der Waals surface area contributed by atoms with E-state index < -0.39 is 0 Å². The van der Waals surface area contributed by atoms with E-state index in [0.29, 0.717) is 17.3 Å². The van der Waals surface area contributed by atoms with Crippen molar-refractivity contribution in [2.45, 2.75) is 13.2 Å². The van der Waals surface area contributed by atoms with Crippen LogP contribution in [0.25, 0.3) is 0 Å². The smallest absolute Gasteiger partial charge is 0.108 e. The van der Waals surface area contributed by atoms with Crippen LogP contribution in [0.15, 0.2) is 30.5 Å². The Bertz CT molecular complexity index is 455. The number of aromatic nitrogens is 3. The van der Waals surface area contributed by atoms with Crippen LogP contribution in [0.4, 0.5) is 0 Å². The zero-order chi connectivity index (χ0) is 10.7. The molecule has 0 unspecified atom stereocenters. The summed E-state index contributed by atoms with van der Waals surface area (Å²) in [6, 6.07) is 7.56. The Morgan fingerprint density at radius 2 is 2.27 bits per heavy atom. The molecule has 0 aliphatic rings. The van der Waals surface area contributed by atoms with Gasteiger partial charge in [-0.2, -0.15) is 0 Å². The van der Waals surface area contributed by atoms with Crippen molar-refractivity contribution in [3.8, 4) is 0 Å². The maximum absolute atomic E-state index is 8.82. The normalized spacial score (nSPS) is 10.5. The van der Waals surface area contributed by atoms with Gasteiger partial charge in [-0.25, -0.2) is 4.68 Å². The van der Waals surface area contributed by atoms with Crippen LogP contribution in [0.5, 0.6) is 0 Å². The predicted molar refractivity (Wildman–Crippen MR) is 56.5 cm³/mol. The van der Waals surface area contributed by atoms with Gasteiger partial charge in [-0.05, 0) is 17.7 Å². The zero-order valence-electron chi connectivity index (χ0n) is 7.97. The minimum atomic E-state index is -0.0878. The summed E-state index contributed by atoms with van der Waals surface area (Å²) in [5.41, 5.74) is 1.62. The average Bonchev–Trinajstić information content (AvgIpc) is 2.65. The van der Waals surface area contributed by atoms with E-state index in [0.717, 1.165) is 5.56 Å². The molecule has 0 atom stereocenters. The van der Waals surface area contributed by atoms with Crippen LogP contribution in [-0.4, -0.2) is 20.1 Å². The second kappa shape index (κ2) is 4.42. The molecule has 1 aromatic carbocycles. The molecule has 78 valence electrons. The van der Waals surface area contributed by atoms with Crippen LogP contribution >= 0.6 is 11.6 Å². The van der Waals surface area contributed by atoms with Crippen molar-refractivity contribution in [2.75, 3.05) is 0 Å². The van der Waals surface area contributed by atoms with Crippen molar-refractivity contribution in [3.05, 3.63) is 46.7 Å². The fourth-order valence-electron chi connectivity index (χ4n) is 1.31. The Morgan fingerprint density at radius 3 is 2.93 bits per heavy atom. The number of halogens is 1. The molecule has 0 bridgehead atoms. The van der Waals surface area contributed by atoms with E-state index >= 15 is 0 Å². The minimum absolute atomic E-state index is 0.0878. The molecule has 5 heteroatoms. The van der Waals surface area contributed by atoms with Crippen molar-refractivity contribution >= 4 is 11.6 Å². The number of aliphatic hydroxyl groups excluding tert-OH is 1. The van der Waals surface area contributed by atoms with Gasteiger partial charge in [0.1, 0.15) is 5.69 Å². The Kier molecular flexibility index (Phi) is 2.99. The predicted octanol–water partition coefficient (Wildman–Crippen LogP) is 1.47. The van der Waals surface area contributed by atoms with E-state index in [9.17, 15) is 0 Å². The van der Waals surface area contributed by atoms with E-state index in [2.05, 4.69) is 10.3 Å². The fraction of sp³-hybridized carbons (Fsp3) is 0.200. The molecule has 0 spiro atoms. The molecule has 2 rings (SSSR count). The standard InChI is InChI=1S/C10H10ClN3O/c11-9-3-1-2-8(4-9)5-14-6-10(7-15)12-13-14/h1-4,6,15H,5,7H2. The molecule has 0 aliphatic heterocycles. The van der Waals surface area contributed by atoms with Crippen molar-refractivity contribution in [3.63, 3.8) is 0 Å². The Morgan fingerprint density at radius 1 is 1.40 bits per heavy atom. The van der Waals surface area contributed by atoms with Crippen LogP contribution < -0.4 is 0 Å². The fourth-order valence-corrected chi connectivity index (χ4v) is 1.52. The van der Waals surface area contributed by atoms with Gasteiger partial charge in [0, 0.05) is 5.02 Å². The van der Waals surface area contributed by atoms with Gasteiger partial charge in [0.2, 0.25) is 0 Å². The largest absolute Gasteiger partial charge is 0.390 e. The molecule has 0 amide bonds. The summed E-state index contributed by atoms with van der Waals surface area (Å²) in [5, 5.41) is 17.2. The topological polar surface area (TPSA) is 50.9 Å². The molecule has 0 radical (unpaired) electrons. The number of hydrogen-bond acceptors (Lipinski definition) is 3. The maximum atomic E-state index is 8.82. The van der Waals surface area contributed by atoms with Crippen LogP contribution in [0, 0.1) is 0 Å². The van der Waals surface area contributed by atoms with Crippen molar-refractivity contribution in [1.29, 1.82) is 0 Å². The summed E-state index contributed by atoms with van der Waals surface area (Å²) in [6.07, 6.45) is 1.71. The molecule has 1 N–H and O–H groups in total. The summed E-state index contributed by atoms with van der Waals surface area (Å²) >= 11 is 5.86. The van der Waals surface area contributed by atoms with Crippen LogP contribution in [-0.2, 0) is 13.2 Å². The SMILES string of the molecule is OCc1cn(Cc2cccc(Cl)c2)nn1. The van der Waals surface area contributed by atoms with Crippen LogP contribution in [0.3, 0.4) is 0 Å². The lowest BCUT2D eigenvalue weighted by Gasteiger charge is -2.00. The molecule has 4 nitrogen and oxygen atoms in total. The molecule has 0 aliphatic carbocycles. The summed E-state index contributed by atoms with van der Waals surface area (Å²) in [6.45, 7) is 0.517. The average molecular weight is 224 g/mol. The maximum Gasteiger partial charge on any atom is 0.108 e. The molecular weight excluding hydrogens is 214 g/mol. The van der Waals surface area contributed by atoms with Gasteiger partial charge in [0.05, 0.1) is 19.3 Å². The van der Waals surface area contributed by atoms with Gasteiger partial charge < -0.3 is 5.11 Å². The number of hydrogen-bond donors (Lipinski definition) is 1. The third kappa shape index (κ3) is 2.55. The summed E-state index contributed by atoms with van der Waals surface area (Å²) in [5.74, 6) is 0. The van der Waals surface area contributed by atoms with Gasteiger partial charge in [0.15, 0.2) is 0 Å². The van der Waals surface area contributed by atoms with Gasteiger partial charge in [-0.3, -0.25) is 0 Å². The number of benzene rings is 1. The van der Waals surface area contributed by atoms with Crippen molar-refractivity contribution < 1.29 is 5.11 Å². The second-order valence-electron chi connectivity index (χ2n) is 3.20. The highest BCUT2D eigenvalue weighted by Crippen LogP contribution is 2.11. The first-order chi connectivity index (χ1) is 7.28. The van der Waals surface area contributed by atoms with E-state index in [1.807, 2.05) is 24.3 Å². The number of aliphatic hydroxyl groups is 1. The van der Waals surface area contributed by atoms with Crippen molar-refractivity contribution in [2.24, 2.45) is 0 Å². The van der Waals surface area contributed by atoms with Crippen LogP contribution in [0.1, 0.15) is 11.3 Å². The molecule has 0 saturated heterocycles. The van der Waals surface area contributed by atoms with Gasteiger partial charge >= 0.3 is 0 Å². The van der Waals surface area contributed by atoms with E-state index in [-0.39, 0.29) is 6.61 Å². The first-order valence-electron chi connectivity index (χ1n) is 4.52. The Balaban J connectivity index is 2.14. The highest BCUT2D eigenvalue weighted by atomic mass is 35.5. The zero-order valence-corrected chi connectivity index (χ0v) is 8.72. The summed E-state index contributed by atoms with van der Waals surface area (Å²) in [7, 11) is 0. The molecule has 15 heavy (non-hydrogen) atoms. The molecule has 1 heterocycles. The molecule has 2 aromatic rings. The first kappa shape index (κ1) is 10.1. The quantitative estimate of drug-likeness (QED) is 0.858. The third-order valence-electron chi connectivity index (χ3n) is 1.98. The first-order valence-corrected chi connectivity index (χ1v) is 4.90. The summed E-state index contributed by atoms with van der Waals surface area (Å²) < 4.78 is 1.66. The Labute approximate surface area is 92.1 Å². The van der Waals surface area contributed by atoms with Gasteiger partial charge in [-0.15, -0.1) is 5.10 Å². The highest BCUT2D eigenvalue weighted by molar-refractivity contribution is 6.30. The molecule has 1 aromatic heterocycles. The van der Waals surface area contributed by atoms with Gasteiger partial charge in [0.25, 0.3) is 0 Å². The highest BCUT2D eigenvalue weighted by Gasteiger charge is 2.00. The van der Waals surface area contributed by atoms with Gasteiger partial charge in [-0.1, -0.05) is 28.9 Å². The van der Waals surface area contributed by atoms with Crippen LogP contribution in [0.2, 0.25) is 5.02 Å². The number of nitrogens with zero attached hydrogens (tertiary/aromatic N) is 3. The lowest BCUT2D eigenvalue weighted by molar-refractivity contribution is 0.276. The molecule has 0 fully saturated rings. The lowest BCUT2D eigenvalue weighted by atomic mass is 10.2. The third-order valence-corrected chi connectivity index (χ3v) is 2.22. The number of rotatable bonds is 3. The minimum Gasteiger partial charge on any atom is -0.390 e. The van der Waals surface area contributed by atoms with E-state index in [4.69, 9.17) is 16.7 Å². The lowest BCUT2D eigenvalue weighted by Crippen LogP contribution is -2.00. The van der Waals surface area contributed by atoms with E-state index in [1.54, 1.807) is 10.9 Å². The Hall–Kier alpha value is -1.39. The summed E-state index contributed by atoms with van der Waals surface area (Å²) in [4.78, 5) is 0. The van der Waals surface area contributed by atoms with E-state index in [1.165, 1.54) is 0 Å². The molecule has 0 saturated carbocycles. The monoisotopic (exact) mass is 223 g/mol. The second-order valence-corrected chi connectivity index (χ2v) is 3.63.